The first-order chi connectivity index (χ1) is 13.8. The van der Waals surface area contributed by atoms with Crippen LogP contribution in [0.3, 0.4) is 0 Å². The van der Waals surface area contributed by atoms with Crippen LogP contribution in [0.4, 0.5) is 0 Å². The molecule has 0 aromatic rings. The molecule has 29 heavy (non-hydrogen) atoms. The zero-order valence-corrected chi connectivity index (χ0v) is 20.7. The van der Waals surface area contributed by atoms with E-state index in [9.17, 15) is 0 Å². The molecule has 0 saturated carbocycles. The Labute approximate surface area is 182 Å². The highest BCUT2D eigenvalue weighted by atomic mass is 15.2. The molecule has 0 aromatic carbocycles. The molecule has 0 aliphatic carbocycles. The monoisotopic (exact) mass is 405 g/mol. The second-order valence-electron chi connectivity index (χ2n) is 11.7. The van der Waals surface area contributed by atoms with E-state index in [2.05, 4.69) is 63.6 Å². The molecule has 3 aliphatic heterocycles. The minimum atomic E-state index is 0.746. The lowest BCUT2D eigenvalue weighted by molar-refractivity contribution is 0.135. The minimum absolute atomic E-state index is 0.746. The van der Waals surface area contributed by atoms with Gasteiger partial charge >= 0.3 is 0 Å². The van der Waals surface area contributed by atoms with Gasteiger partial charge in [-0.1, -0.05) is 48.5 Å². The number of likely N-dealkylation sites (tertiary alicyclic amines) is 2. The largest absolute Gasteiger partial charge is 0.313 e. The summed E-state index contributed by atoms with van der Waals surface area (Å²) in [5.74, 6) is 5.02. The maximum absolute atomic E-state index is 3.77. The van der Waals surface area contributed by atoms with Crippen LogP contribution in [0.25, 0.3) is 0 Å². The van der Waals surface area contributed by atoms with E-state index >= 15 is 0 Å². The van der Waals surface area contributed by atoms with Gasteiger partial charge in [0.25, 0.3) is 0 Å². The molecule has 1 N–H and O–H groups in total. The summed E-state index contributed by atoms with van der Waals surface area (Å²) in [6.45, 7) is 23.6. The number of hydrogen-bond donors (Lipinski definition) is 1. The Balaban J connectivity index is 1.52. The van der Waals surface area contributed by atoms with Gasteiger partial charge in [0.15, 0.2) is 0 Å². The predicted octanol–water partition coefficient (Wildman–Crippen LogP) is 5.11. The fraction of sp³-hybridized carbons (Fsp3) is 1.00. The average molecular weight is 406 g/mol. The van der Waals surface area contributed by atoms with Gasteiger partial charge in [-0.25, -0.2) is 0 Å². The van der Waals surface area contributed by atoms with Crippen molar-refractivity contribution in [1.29, 1.82) is 0 Å². The van der Waals surface area contributed by atoms with E-state index in [0.717, 1.165) is 53.6 Å². The highest BCUT2D eigenvalue weighted by Crippen LogP contribution is 2.36. The first kappa shape index (κ1) is 23.5. The predicted molar refractivity (Wildman–Crippen MR) is 126 cm³/mol. The van der Waals surface area contributed by atoms with Crippen LogP contribution in [0.5, 0.6) is 0 Å². The second-order valence-corrected chi connectivity index (χ2v) is 11.7. The normalized spacial score (nSPS) is 37.0. The Bertz CT molecular complexity index is 488. The van der Waals surface area contributed by atoms with Gasteiger partial charge in [0, 0.05) is 18.1 Å². The van der Waals surface area contributed by atoms with Crippen molar-refractivity contribution >= 4 is 0 Å². The molecule has 0 radical (unpaired) electrons. The lowest BCUT2D eigenvalue weighted by Crippen LogP contribution is -2.41. The van der Waals surface area contributed by atoms with Crippen molar-refractivity contribution in [2.75, 3.05) is 32.7 Å². The Morgan fingerprint density at radius 3 is 1.93 bits per heavy atom. The molecule has 3 saturated heterocycles. The van der Waals surface area contributed by atoms with Crippen LogP contribution in [0, 0.1) is 35.5 Å². The summed E-state index contributed by atoms with van der Waals surface area (Å²) in [7, 11) is 0. The van der Waals surface area contributed by atoms with Gasteiger partial charge in [0.05, 0.1) is 0 Å². The molecular weight excluding hydrogens is 354 g/mol. The van der Waals surface area contributed by atoms with E-state index in [1.54, 1.807) is 0 Å². The highest BCUT2D eigenvalue weighted by molar-refractivity contribution is 4.93. The van der Waals surface area contributed by atoms with Crippen molar-refractivity contribution in [3.05, 3.63) is 0 Å². The molecule has 3 heterocycles. The summed E-state index contributed by atoms with van der Waals surface area (Å²) in [5, 5.41) is 3.77. The Morgan fingerprint density at radius 2 is 1.31 bits per heavy atom. The molecule has 0 spiro atoms. The van der Waals surface area contributed by atoms with Crippen LogP contribution in [0.1, 0.15) is 80.6 Å². The van der Waals surface area contributed by atoms with Gasteiger partial charge < -0.3 is 5.32 Å². The van der Waals surface area contributed by atoms with Gasteiger partial charge in [-0.2, -0.15) is 0 Å². The quantitative estimate of drug-likeness (QED) is 0.575. The number of nitrogens with zero attached hydrogens (tertiary/aromatic N) is 2. The third-order valence-electron chi connectivity index (χ3n) is 8.63. The van der Waals surface area contributed by atoms with Gasteiger partial charge in [-0.3, -0.25) is 9.80 Å². The maximum atomic E-state index is 3.77. The lowest BCUT2D eigenvalue weighted by Gasteiger charge is -2.35. The van der Waals surface area contributed by atoms with Crippen molar-refractivity contribution in [3.8, 4) is 0 Å². The van der Waals surface area contributed by atoms with E-state index in [1.165, 1.54) is 64.8 Å². The fourth-order valence-electron chi connectivity index (χ4n) is 7.43. The summed E-state index contributed by atoms with van der Waals surface area (Å²) in [6.07, 6.45) is 7.02. The van der Waals surface area contributed by atoms with Crippen LogP contribution >= 0.6 is 0 Å². The molecule has 3 nitrogen and oxygen atoms in total. The van der Waals surface area contributed by atoms with Crippen LogP contribution < -0.4 is 5.32 Å². The molecule has 0 amide bonds. The summed E-state index contributed by atoms with van der Waals surface area (Å²) in [4.78, 5) is 5.73. The molecule has 3 rings (SSSR count). The van der Waals surface area contributed by atoms with Crippen molar-refractivity contribution in [2.45, 2.75) is 98.7 Å². The summed E-state index contributed by atoms with van der Waals surface area (Å²) in [6, 6.07) is 2.36. The molecule has 0 bridgehead atoms. The molecule has 6 atom stereocenters. The first-order valence-corrected chi connectivity index (χ1v) is 13.0. The number of nitrogens with one attached hydrogen (secondary N) is 1. The highest BCUT2D eigenvalue weighted by Gasteiger charge is 2.39. The standard InChI is InChI=1S/C26H51N3/c1-18(2)24-22(8-13-27-24)10-15-29-17-12-23(26(29)20(5)6)11-16-28-14-9-21(7)25(28)19(3)4/h18-27H,8-17H2,1-7H3/t21-,22+,23-,24-,25-,26+/m1/s1. The molecule has 3 fully saturated rings. The molecule has 3 aliphatic rings. The van der Waals surface area contributed by atoms with Crippen LogP contribution in [-0.2, 0) is 0 Å². The summed E-state index contributed by atoms with van der Waals surface area (Å²) >= 11 is 0. The third kappa shape index (κ3) is 5.57. The summed E-state index contributed by atoms with van der Waals surface area (Å²) in [5.41, 5.74) is 0. The van der Waals surface area contributed by atoms with E-state index in [-0.39, 0.29) is 0 Å². The first-order valence-electron chi connectivity index (χ1n) is 13.0. The summed E-state index contributed by atoms with van der Waals surface area (Å²) < 4.78 is 0. The average Bonchev–Trinajstić information content (AvgIpc) is 3.35. The van der Waals surface area contributed by atoms with E-state index in [0.29, 0.717) is 0 Å². The van der Waals surface area contributed by atoms with Crippen molar-refractivity contribution in [1.82, 2.24) is 15.1 Å². The van der Waals surface area contributed by atoms with Gasteiger partial charge in [-0.05, 0) is 100 Å². The second kappa shape index (κ2) is 10.5. The zero-order valence-electron chi connectivity index (χ0n) is 20.7. The third-order valence-corrected chi connectivity index (χ3v) is 8.63. The van der Waals surface area contributed by atoms with Gasteiger partial charge in [0.1, 0.15) is 0 Å². The van der Waals surface area contributed by atoms with Crippen molar-refractivity contribution in [2.24, 2.45) is 35.5 Å². The number of rotatable bonds is 9. The smallest absolute Gasteiger partial charge is 0.0147 e. The SMILES string of the molecule is CC(C)[C@H]1NCC[C@H]1CCN1CC[C@@H](CCN2CC[C@@H](C)[C@H]2C(C)C)[C@@H]1C(C)C. The van der Waals surface area contributed by atoms with Crippen LogP contribution in [0.15, 0.2) is 0 Å². The van der Waals surface area contributed by atoms with E-state index < -0.39 is 0 Å². The topological polar surface area (TPSA) is 18.5 Å². The molecule has 0 unspecified atom stereocenters. The van der Waals surface area contributed by atoms with Crippen LogP contribution in [0.2, 0.25) is 0 Å². The Hall–Kier alpha value is -0.120. The lowest BCUT2D eigenvalue weighted by atomic mass is 9.87. The number of hydrogen-bond acceptors (Lipinski definition) is 3. The molecule has 0 aromatic heterocycles. The maximum Gasteiger partial charge on any atom is 0.0147 e. The Morgan fingerprint density at radius 1 is 0.724 bits per heavy atom. The van der Waals surface area contributed by atoms with E-state index in [1.807, 2.05) is 0 Å². The van der Waals surface area contributed by atoms with E-state index in [4.69, 9.17) is 0 Å². The zero-order chi connectivity index (χ0) is 21.1. The van der Waals surface area contributed by atoms with Crippen LogP contribution in [-0.4, -0.2) is 60.6 Å². The fourth-order valence-corrected chi connectivity index (χ4v) is 7.43. The Kier molecular flexibility index (Phi) is 8.49. The van der Waals surface area contributed by atoms with Crippen molar-refractivity contribution < 1.29 is 0 Å². The molecule has 3 heteroatoms. The minimum Gasteiger partial charge on any atom is -0.313 e. The molecule has 170 valence electrons. The molecular formula is C26H51N3. The van der Waals surface area contributed by atoms with Gasteiger partial charge in [0.2, 0.25) is 0 Å². The van der Waals surface area contributed by atoms with Gasteiger partial charge in [-0.15, -0.1) is 0 Å². The van der Waals surface area contributed by atoms with Crippen molar-refractivity contribution in [3.63, 3.8) is 0 Å².